The highest BCUT2D eigenvalue weighted by Crippen LogP contribution is 2.21. The van der Waals surface area contributed by atoms with Crippen LogP contribution in [0.15, 0.2) is 15.9 Å². The van der Waals surface area contributed by atoms with Crippen molar-refractivity contribution in [1.29, 1.82) is 0 Å². The van der Waals surface area contributed by atoms with Gasteiger partial charge < -0.3 is 0 Å². The quantitative estimate of drug-likeness (QED) is 0.864. The molecule has 2 aromatic rings. The van der Waals surface area contributed by atoms with Crippen molar-refractivity contribution in [2.24, 2.45) is 7.05 Å². The average Bonchev–Trinajstić information content (AvgIpc) is 2.78. The van der Waals surface area contributed by atoms with Crippen molar-refractivity contribution < 1.29 is 4.79 Å². The Morgan fingerprint density at radius 2 is 2.17 bits per heavy atom. The van der Waals surface area contributed by atoms with Crippen molar-refractivity contribution in [2.75, 3.05) is 0 Å². The second-order valence-electron chi connectivity index (χ2n) is 4.40. The Morgan fingerprint density at radius 3 is 2.67 bits per heavy atom. The number of Topliss-reactive ketones (excluding diaryl/α,β-unsaturated/α-hetero) is 1. The molecule has 0 aliphatic carbocycles. The maximum Gasteiger partial charge on any atom is 0.142 e. The highest BCUT2D eigenvalue weighted by Gasteiger charge is 2.14. The van der Waals surface area contributed by atoms with Gasteiger partial charge in [-0.3, -0.25) is 9.48 Å². The van der Waals surface area contributed by atoms with Crippen molar-refractivity contribution in [1.82, 2.24) is 9.78 Å². The maximum atomic E-state index is 12.1. The number of hydrogen-bond donors (Lipinski definition) is 0. The fourth-order valence-electron chi connectivity index (χ4n) is 1.97. The Balaban J connectivity index is 2.07. The minimum atomic E-state index is 0.239. The number of aryl methyl sites for hydroxylation is 2. The molecule has 0 atom stereocenters. The number of ketones is 1. The van der Waals surface area contributed by atoms with Gasteiger partial charge in [-0.25, -0.2) is 0 Å². The zero-order chi connectivity index (χ0) is 13.3. The van der Waals surface area contributed by atoms with Crippen LogP contribution in [0.4, 0.5) is 0 Å². The van der Waals surface area contributed by atoms with E-state index in [1.807, 2.05) is 37.0 Å². The summed E-state index contributed by atoms with van der Waals surface area (Å²) in [5.74, 6) is 0.239. The summed E-state index contributed by atoms with van der Waals surface area (Å²) in [6.07, 6.45) is 0.977. The van der Waals surface area contributed by atoms with E-state index in [4.69, 9.17) is 0 Å². The lowest BCUT2D eigenvalue weighted by molar-refractivity contribution is -0.117. The van der Waals surface area contributed by atoms with Crippen molar-refractivity contribution >= 4 is 33.0 Å². The summed E-state index contributed by atoms with van der Waals surface area (Å²) in [5.41, 5.74) is 3.10. The molecule has 0 unspecified atom stereocenters. The van der Waals surface area contributed by atoms with Crippen LogP contribution in [0, 0.1) is 13.8 Å². The number of rotatable bonds is 4. The van der Waals surface area contributed by atoms with Crippen LogP contribution < -0.4 is 0 Å². The number of halogens is 1. The molecular weight excluding hydrogens is 312 g/mol. The third-order valence-corrected chi connectivity index (χ3v) is 4.72. The summed E-state index contributed by atoms with van der Waals surface area (Å²) >= 11 is 5.01. The van der Waals surface area contributed by atoms with Crippen LogP contribution in [0.25, 0.3) is 0 Å². The van der Waals surface area contributed by atoms with Crippen molar-refractivity contribution in [3.8, 4) is 0 Å². The highest BCUT2D eigenvalue weighted by atomic mass is 79.9. The van der Waals surface area contributed by atoms with E-state index < -0.39 is 0 Å². The first-order chi connectivity index (χ1) is 8.47. The Labute approximate surface area is 119 Å². The van der Waals surface area contributed by atoms with Crippen LogP contribution >= 0.6 is 27.3 Å². The molecule has 0 aromatic carbocycles. The average molecular weight is 327 g/mol. The predicted molar refractivity (Wildman–Crippen MR) is 77.1 cm³/mol. The summed E-state index contributed by atoms with van der Waals surface area (Å²) in [7, 11) is 1.91. The molecule has 0 radical (unpaired) electrons. The molecule has 0 fully saturated rings. The molecule has 2 heterocycles. The first kappa shape index (κ1) is 13.5. The standard InChI is InChI=1S/C13H15BrN2OS/c1-8-13(9(2)16(3)15-8)6-11(17)5-12-4-10(14)7-18-12/h4,7H,5-6H2,1-3H3. The second kappa shape index (κ2) is 5.36. The SMILES string of the molecule is Cc1nn(C)c(C)c1CC(=O)Cc1cc(Br)cs1. The lowest BCUT2D eigenvalue weighted by atomic mass is 10.0. The van der Waals surface area contributed by atoms with Gasteiger partial charge >= 0.3 is 0 Å². The zero-order valence-electron chi connectivity index (χ0n) is 10.7. The third-order valence-electron chi connectivity index (χ3n) is 3.03. The fraction of sp³-hybridized carbons (Fsp3) is 0.385. The number of thiophene rings is 1. The van der Waals surface area contributed by atoms with E-state index in [9.17, 15) is 4.79 Å². The van der Waals surface area contributed by atoms with Crippen LogP contribution in [0.5, 0.6) is 0 Å². The first-order valence-corrected chi connectivity index (χ1v) is 7.38. The van der Waals surface area contributed by atoms with E-state index >= 15 is 0 Å². The van der Waals surface area contributed by atoms with Gasteiger partial charge in [-0.05, 0) is 35.8 Å². The van der Waals surface area contributed by atoms with Gasteiger partial charge in [0.05, 0.1) is 5.69 Å². The molecule has 5 heteroatoms. The third kappa shape index (κ3) is 2.90. The summed E-state index contributed by atoms with van der Waals surface area (Å²) in [6, 6.07) is 2.01. The van der Waals surface area contributed by atoms with Gasteiger partial charge in [-0.1, -0.05) is 0 Å². The van der Waals surface area contributed by atoms with Crippen LogP contribution in [0.2, 0.25) is 0 Å². The van der Waals surface area contributed by atoms with E-state index in [0.717, 1.165) is 26.3 Å². The molecule has 0 saturated carbocycles. The van der Waals surface area contributed by atoms with Crippen LogP contribution in [-0.2, 0) is 24.7 Å². The number of aromatic nitrogens is 2. The predicted octanol–water partition coefficient (Wildman–Crippen LogP) is 3.22. The van der Waals surface area contributed by atoms with Crippen LogP contribution in [0.3, 0.4) is 0 Å². The van der Waals surface area contributed by atoms with Gasteiger partial charge in [0.15, 0.2) is 0 Å². The largest absolute Gasteiger partial charge is 0.299 e. The molecule has 18 heavy (non-hydrogen) atoms. The lowest BCUT2D eigenvalue weighted by Gasteiger charge is -2.01. The number of carbonyl (C=O) groups is 1. The molecule has 2 rings (SSSR count). The number of hydrogen-bond acceptors (Lipinski definition) is 3. The summed E-state index contributed by atoms with van der Waals surface area (Å²) in [5, 5.41) is 6.34. The second-order valence-corrected chi connectivity index (χ2v) is 6.31. The minimum absolute atomic E-state index is 0.239. The zero-order valence-corrected chi connectivity index (χ0v) is 13.1. The molecule has 0 spiro atoms. The van der Waals surface area contributed by atoms with Gasteiger partial charge in [-0.2, -0.15) is 5.10 Å². The molecule has 0 N–H and O–H groups in total. The summed E-state index contributed by atoms with van der Waals surface area (Å²) in [4.78, 5) is 13.2. The molecule has 0 bridgehead atoms. The minimum Gasteiger partial charge on any atom is -0.299 e. The van der Waals surface area contributed by atoms with E-state index in [0.29, 0.717) is 12.8 Å². The highest BCUT2D eigenvalue weighted by molar-refractivity contribution is 9.10. The van der Waals surface area contributed by atoms with Gasteiger partial charge in [0.1, 0.15) is 5.78 Å². The number of nitrogens with zero attached hydrogens (tertiary/aromatic N) is 2. The Kier molecular flexibility index (Phi) is 4.02. The smallest absolute Gasteiger partial charge is 0.142 e. The molecule has 3 nitrogen and oxygen atoms in total. The molecular formula is C13H15BrN2OS. The lowest BCUT2D eigenvalue weighted by Crippen LogP contribution is -2.07. The van der Waals surface area contributed by atoms with Gasteiger partial charge in [-0.15, -0.1) is 11.3 Å². The molecule has 0 aliphatic heterocycles. The maximum absolute atomic E-state index is 12.1. The normalized spacial score (nSPS) is 10.9. The van der Waals surface area contributed by atoms with E-state index in [1.54, 1.807) is 11.3 Å². The Hall–Kier alpha value is -0.940. The van der Waals surface area contributed by atoms with Gasteiger partial charge in [0.2, 0.25) is 0 Å². The van der Waals surface area contributed by atoms with Crippen LogP contribution in [-0.4, -0.2) is 15.6 Å². The van der Waals surface area contributed by atoms with Crippen LogP contribution in [0.1, 0.15) is 21.8 Å². The Morgan fingerprint density at radius 1 is 1.44 bits per heavy atom. The number of carbonyl (C=O) groups excluding carboxylic acids is 1. The Bertz CT molecular complexity index is 586. The molecule has 96 valence electrons. The van der Waals surface area contributed by atoms with E-state index in [1.165, 1.54) is 0 Å². The molecule has 0 saturated heterocycles. The summed E-state index contributed by atoms with van der Waals surface area (Å²) in [6.45, 7) is 3.96. The van der Waals surface area contributed by atoms with Gasteiger partial charge in [0, 0.05) is 45.9 Å². The first-order valence-electron chi connectivity index (χ1n) is 5.71. The topological polar surface area (TPSA) is 34.9 Å². The van der Waals surface area contributed by atoms with Gasteiger partial charge in [0.25, 0.3) is 0 Å². The van der Waals surface area contributed by atoms with Crippen molar-refractivity contribution in [3.63, 3.8) is 0 Å². The fourth-order valence-corrected chi connectivity index (χ4v) is 3.45. The van der Waals surface area contributed by atoms with E-state index in [2.05, 4.69) is 21.0 Å². The molecule has 0 amide bonds. The summed E-state index contributed by atoms with van der Waals surface area (Å²) < 4.78 is 2.88. The molecule has 0 aliphatic rings. The molecule has 2 aromatic heterocycles. The van der Waals surface area contributed by atoms with E-state index in [-0.39, 0.29) is 5.78 Å². The van der Waals surface area contributed by atoms with Crippen molar-refractivity contribution in [2.45, 2.75) is 26.7 Å². The van der Waals surface area contributed by atoms with Crippen molar-refractivity contribution in [3.05, 3.63) is 37.7 Å². The monoisotopic (exact) mass is 326 g/mol.